The number of halogens is 4. The molecule has 220 valence electrons. The molecule has 0 radical (unpaired) electrons. The summed E-state index contributed by atoms with van der Waals surface area (Å²) in [5.41, 5.74) is 0.628. The van der Waals surface area contributed by atoms with E-state index in [9.17, 15) is 27.5 Å². The summed E-state index contributed by atoms with van der Waals surface area (Å²) in [6.45, 7) is 0.155. The number of carboxylic acids is 1. The van der Waals surface area contributed by atoms with E-state index in [1.165, 1.54) is 35.6 Å². The second-order valence-electron chi connectivity index (χ2n) is 11.6. The van der Waals surface area contributed by atoms with Crippen molar-refractivity contribution in [2.75, 3.05) is 0 Å². The first-order valence-electron chi connectivity index (χ1n) is 13.9. The molecule has 1 N–H and O–H groups in total. The molecule has 0 aliphatic heterocycles. The van der Waals surface area contributed by atoms with E-state index in [0.717, 1.165) is 62.4 Å². The maximum absolute atomic E-state index is 14.7. The third-order valence-corrected chi connectivity index (χ3v) is 10.2. The molecule has 2 aromatic carbocycles. The first-order chi connectivity index (χ1) is 20.0. The lowest BCUT2D eigenvalue weighted by Crippen LogP contribution is -2.49. The highest BCUT2D eigenvalue weighted by Gasteiger charge is 2.52. The number of thiazole rings is 1. The number of aromatic nitrogens is 2. The zero-order chi connectivity index (χ0) is 29.3. The minimum absolute atomic E-state index is 0.0985. The van der Waals surface area contributed by atoms with Crippen molar-refractivity contribution in [1.29, 1.82) is 0 Å². The molecule has 4 aliphatic rings. The second-order valence-corrected chi connectivity index (χ2v) is 12.6. The zero-order valence-corrected chi connectivity index (χ0v) is 23.1. The van der Waals surface area contributed by atoms with Crippen LogP contribution in [0.4, 0.5) is 17.6 Å². The van der Waals surface area contributed by atoms with Gasteiger partial charge in [0.15, 0.2) is 5.82 Å². The van der Waals surface area contributed by atoms with Gasteiger partial charge in [0.05, 0.1) is 22.5 Å². The fourth-order valence-electron chi connectivity index (χ4n) is 6.47. The van der Waals surface area contributed by atoms with E-state index in [1.54, 1.807) is 6.07 Å². The van der Waals surface area contributed by atoms with Crippen LogP contribution in [-0.4, -0.2) is 33.2 Å². The summed E-state index contributed by atoms with van der Waals surface area (Å²) in [5, 5.41) is 14.3. The molecule has 2 heterocycles. The largest absolute Gasteiger partial charge is 0.573 e. The van der Waals surface area contributed by atoms with Gasteiger partial charge in [-0.05, 0) is 75.6 Å². The van der Waals surface area contributed by atoms with Crippen LogP contribution in [0, 0.1) is 5.82 Å². The van der Waals surface area contributed by atoms with Gasteiger partial charge in [-0.1, -0.05) is 17.3 Å². The Hall–Kier alpha value is -3.51. The van der Waals surface area contributed by atoms with Crippen molar-refractivity contribution in [3.63, 3.8) is 0 Å². The Bertz CT molecular complexity index is 1670. The number of carbonyl (C=O) groups is 1. The van der Waals surface area contributed by atoms with Crippen LogP contribution in [0.15, 0.2) is 40.9 Å². The van der Waals surface area contributed by atoms with Crippen molar-refractivity contribution in [3.05, 3.63) is 64.1 Å². The number of carboxylic acid groups (broad SMARTS) is 1. The van der Waals surface area contributed by atoms with E-state index in [-0.39, 0.29) is 40.3 Å². The monoisotopic (exact) mass is 602 g/mol. The highest BCUT2D eigenvalue weighted by atomic mass is 32.1. The van der Waals surface area contributed by atoms with Gasteiger partial charge in [-0.2, -0.15) is 0 Å². The normalized spacial score (nSPS) is 23.9. The van der Waals surface area contributed by atoms with Crippen molar-refractivity contribution < 1.29 is 41.5 Å². The number of alkyl halides is 3. The fraction of sp³-hybridized carbons (Fsp3) is 0.433. The predicted molar refractivity (Wildman–Crippen MR) is 144 cm³/mol. The third-order valence-electron chi connectivity index (χ3n) is 8.98. The molecule has 4 fully saturated rings. The molecule has 0 atom stereocenters. The number of hydrogen-bond acceptors (Lipinski definition) is 7. The van der Waals surface area contributed by atoms with Gasteiger partial charge in [-0.25, -0.2) is 14.2 Å². The van der Waals surface area contributed by atoms with Gasteiger partial charge in [0.2, 0.25) is 0 Å². The van der Waals surface area contributed by atoms with Gasteiger partial charge in [0.1, 0.15) is 27.7 Å². The summed E-state index contributed by atoms with van der Waals surface area (Å²) in [7, 11) is 0. The molecular weight excluding hydrogens is 576 g/mol. The average molecular weight is 603 g/mol. The molecule has 4 aliphatic carbocycles. The van der Waals surface area contributed by atoms with Crippen molar-refractivity contribution in [3.8, 4) is 17.0 Å². The minimum Gasteiger partial charge on any atom is -0.478 e. The van der Waals surface area contributed by atoms with Gasteiger partial charge >= 0.3 is 12.3 Å². The van der Waals surface area contributed by atoms with Crippen LogP contribution < -0.4 is 4.74 Å². The molecule has 7 nitrogen and oxygen atoms in total. The maximum Gasteiger partial charge on any atom is 0.573 e. The van der Waals surface area contributed by atoms with Gasteiger partial charge in [-0.15, -0.1) is 24.5 Å². The summed E-state index contributed by atoms with van der Waals surface area (Å²) in [6.07, 6.45) is 1.60. The van der Waals surface area contributed by atoms with Crippen LogP contribution in [0.2, 0.25) is 0 Å². The number of nitrogens with zero attached hydrogens (tertiary/aromatic N) is 2. The first kappa shape index (κ1) is 27.3. The summed E-state index contributed by atoms with van der Waals surface area (Å²) >= 11 is 1.36. The van der Waals surface area contributed by atoms with Crippen molar-refractivity contribution >= 4 is 27.5 Å². The van der Waals surface area contributed by atoms with E-state index in [1.807, 2.05) is 0 Å². The maximum atomic E-state index is 14.7. The molecule has 12 heteroatoms. The van der Waals surface area contributed by atoms with E-state index < -0.39 is 23.7 Å². The molecule has 0 unspecified atom stereocenters. The Kier molecular flexibility index (Phi) is 6.36. The molecular formula is C30H26F4N2O5S. The Balaban J connectivity index is 1.12. The minimum atomic E-state index is -4.85. The number of ether oxygens (including phenoxy) is 2. The van der Waals surface area contributed by atoms with E-state index >= 15 is 0 Å². The second kappa shape index (κ2) is 9.77. The lowest BCUT2D eigenvalue weighted by atomic mass is 9.59. The summed E-state index contributed by atoms with van der Waals surface area (Å²) in [6, 6.07) is 8.38. The van der Waals surface area contributed by atoms with E-state index in [2.05, 4.69) is 14.9 Å². The number of benzene rings is 2. The van der Waals surface area contributed by atoms with Crippen LogP contribution in [-0.2, 0) is 16.8 Å². The fourth-order valence-corrected chi connectivity index (χ4v) is 7.76. The molecule has 2 aromatic heterocycles. The number of fused-ring (bicyclic) bond motifs is 4. The number of aromatic carboxylic acids is 1. The van der Waals surface area contributed by atoms with E-state index in [4.69, 9.17) is 9.26 Å². The topological polar surface area (TPSA) is 94.7 Å². The molecule has 0 spiro atoms. The van der Waals surface area contributed by atoms with Crippen LogP contribution in [0.3, 0.4) is 0 Å². The summed E-state index contributed by atoms with van der Waals surface area (Å²) < 4.78 is 71.1. The quantitative estimate of drug-likeness (QED) is 0.204. The lowest BCUT2D eigenvalue weighted by molar-refractivity contribution is -0.274. The van der Waals surface area contributed by atoms with Crippen LogP contribution in [0.25, 0.3) is 21.5 Å². The molecule has 8 rings (SSSR count). The standard InChI is InChI=1S/C30H26F4N2O5S/c31-20-13-17(26(37)38)14-22-24(20)35-27(42-22)28-7-10-29(11-8-28,12-9-28)39-15-19-23(36-41-25(19)16-5-6-16)18-3-1-2-4-21(18)40-30(32,33)34/h1-4,13-14,16H,5-12,15H2,(H,37,38). The Labute approximate surface area is 241 Å². The molecule has 2 bridgehead atoms. The molecule has 0 amide bonds. The van der Waals surface area contributed by atoms with Gasteiger partial charge in [0.25, 0.3) is 0 Å². The smallest absolute Gasteiger partial charge is 0.478 e. The number of para-hydroxylation sites is 1. The predicted octanol–water partition coefficient (Wildman–Crippen LogP) is 8.13. The highest BCUT2D eigenvalue weighted by molar-refractivity contribution is 7.18. The molecule has 4 aromatic rings. The molecule has 42 heavy (non-hydrogen) atoms. The lowest BCUT2D eigenvalue weighted by Gasteiger charge is -2.52. The molecule has 4 saturated carbocycles. The number of rotatable bonds is 8. The van der Waals surface area contributed by atoms with Crippen LogP contribution in [0.1, 0.15) is 84.0 Å². The van der Waals surface area contributed by atoms with Gasteiger partial charge < -0.3 is 19.1 Å². The average Bonchev–Trinajstić information content (AvgIpc) is 3.56. The van der Waals surface area contributed by atoms with Crippen molar-refractivity contribution in [1.82, 2.24) is 10.1 Å². The zero-order valence-electron chi connectivity index (χ0n) is 22.3. The first-order valence-corrected chi connectivity index (χ1v) is 14.7. The molecule has 0 saturated heterocycles. The summed E-state index contributed by atoms with van der Waals surface area (Å²) in [4.78, 5) is 16.0. The highest BCUT2D eigenvalue weighted by Crippen LogP contribution is 2.57. The Morgan fingerprint density at radius 3 is 2.48 bits per heavy atom. The Morgan fingerprint density at radius 1 is 1.10 bits per heavy atom. The van der Waals surface area contributed by atoms with Gasteiger partial charge in [0, 0.05) is 22.5 Å². The van der Waals surface area contributed by atoms with Crippen molar-refractivity contribution in [2.45, 2.75) is 81.3 Å². The number of hydrogen-bond donors (Lipinski definition) is 1. The van der Waals surface area contributed by atoms with Gasteiger partial charge in [-0.3, -0.25) is 0 Å². The van der Waals surface area contributed by atoms with E-state index in [0.29, 0.717) is 21.7 Å². The summed E-state index contributed by atoms with van der Waals surface area (Å²) in [5.74, 6) is -1.33. The third kappa shape index (κ3) is 4.84. The van der Waals surface area contributed by atoms with Crippen LogP contribution >= 0.6 is 11.3 Å². The van der Waals surface area contributed by atoms with Crippen molar-refractivity contribution in [2.24, 2.45) is 0 Å². The SMILES string of the molecule is O=C(O)c1cc(F)c2nc(C34CCC(OCc5c(-c6ccccc6OC(F)(F)F)noc5C5CC5)(CC3)CC4)sc2c1. The van der Waals surface area contributed by atoms with Crippen LogP contribution in [0.5, 0.6) is 5.75 Å². The Morgan fingerprint density at radius 2 is 1.81 bits per heavy atom.